The second kappa shape index (κ2) is 6.27. The van der Waals surface area contributed by atoms with E-state index < -0.39 is 11.2 Å². The topological polar surface area (TPSA) is 42.6 Å². The highest BCUT2D eigenvalue weighted by atomic mass is 35.5. The van der Waals surface area contributed by atoms with Crippen molar-refractivity contribution in [2.75, 3.05) is 0 Å². The molecule has 4 rings (SSSR count). The standard InChI is InChI=1S/C22H21BClO3/c1-21(2,25)22(3,4)27-23-16-11-15-19(12-17(16)24)26-18-10-9-13-7-5-6-8-14(13)20(15)18/h5-12,25H,1-4H3. The molecule has 0 spiro atoms. The summed E-state index contributed by atoms with van der Waals surface area (Å²) in [6, 6.07) is 16.1. The van der Waals surface area contributed by atoms with E-state index in [9.17, 15) is 5.11 Å². The molecule has 0 bridgehead atoms. The smallest absolute Gasteiger partial charge is 0.332 e. The molecule has 0 atom stereocenters. The highest BCUT2D eigenvalue weighted by molar-refractivity contribution is 6.54. The fourth-order valence-electron chi connectivity index (χ4n) is 3.03. The maximum absolute atomic E-state index is 10.3. The maximum atomic E-state index is 10.3. The Kier molecular flexibility index (Phi) is 4.26. The first-order chi connectivity index (χ1) is 12.7. The van der Waals surface area contributed by atoms with E-state index in [0.29, 0.717) is 5.02 Å². The fraction of sp³-hybridized carbons (Fsp3) is 0.273. The molecule has 0 fully saturated rings. The van der Waals surface area contributed by atoms with Crippen molar-refractivity contribution in [3.8, 4) is 0 Å². The summed E-state index contributed by atoms with van der Waals surface area (Å²) in [6.45, 7) is 7.14. The van der Waals surface area contributed by atoms with Crippen molar-refractivity contribution >= 4 is 57.3 Å². The van der Waals surface area contributed by atoms with Crippen LogP contribution in [0, 0.1) is 0 Å². The second-order valence-electron chi connectivity index (χ2n) is 7.94. The molecule has 3 nitrogen and oxygen atoms in total. The van der Waals surface area contributed by atoms with Crippen molar-refractivity contribution in [2.24, 2.45) is 0 Å². The van der Waals surface area contributed by atoms with E-state index in [1.54, 1.807) is 21.3 Å². The molecule has 0 aliphatic rings. The summed E-state index contributed by atoms with van der Waals surface area (Å²) in [7, 11) is 1.61. The fourth-order valence-corrected chi connectivity index (χ4v) is 3.23. The van der Waals surface area contributed by atoms with Gasteiger partial charge < -0.3 is 14.2 Å². The number of fused-ring (bicyclic) bond motifs is 5. The summed E-state index contributed by atoms with van der Waals surface area (Å²) in [6.07, 6.45) is 0. The van der Waals surface area contributed by atoms with E-state index in [1.165, 1.54) is 0 Å². The zero-order valence-electron chi connectivity index (χ0n) is 15.8. The first-order valence-corrected chi connectivity index (χ1v) is 9.32. The predicted octanol–water partition coefficient (Wildman–Crippen LogP) is 5.20. The van der Waals surface area contributed by atoms with Gasteiger partial charge in [0.25, 0.3) is 0 Å². The molecule has 137 valence electrons. The molecule has 1 heterocycles. The lowest BCUT2D eigenvalue weighted by Gasteiger charge is -2.37. The van der Waals surface area contributed by atoms with Crippen LogP contribution in [0.2, 0.25) is 5.02 Å². The monoisotopic (exact) mass is 379 g/mol. The number of halogens is 1. The van der Waals surface area contributed by atoms with Crippen molar-refractivity contribution in [1.82, 2.24) is 0 Å². The van der Waals surface area contributed by atoms with Gasteiger partial charge in [0.05, 0.1) is 11.2 Å². The van der Waals surface area contributed by atoms with Crippen LogP contribution < -0.4 is 5.46 Å². The first kappa shape index (κ1) is 18.4. The molecular weight excluding hydrogens is 359 g/mol. The minimum Gasteiger partial charge on any atom is -0.456 e. The van der Waals surface area contributed by atoms with Crippen LogP contribution in [0.1, 0.15) is 27.7 Å². The maximum Gasteiger partial charge on any atom is 0.332 e. The Hall–Kier alpha value is -2.01. The molecule has 27 heavy (non-hydrogen) atoms. The van der Waals surface area contributed by atoms with Gasteiger partial charge in [0.1, 0.15) is 11.2 Å². The van der Waals surface area contributed by atoms with Crippen LogP contribution >= 0.6 is 11.6 Å². The minimum absolute atomic E-state index is 0.539. The summed E-state index contributed by atoms with van der Waals surface area (Å²) < 4.78 is 11.9. The lowest BCUT2D eigenvalue weighted by Crippen LogP contribution is -2.49. The molecule has 3 aromatic carbocycles. The van der Waals surface area contributed by atoms with Gasteiger partial charge in [-0.1, -0.05) is 48.0 Å². The Morgan fingerprint density at radius 2 is 1.70 bits per heavy atom. The lowest BCUT2D eigenvalue weighted by molar-refractivity contribution is -0.0893. The predicted molar refractivity (Wildman–Crippen MR) is 113 cm³/mol. The van der Waals surface area contributed by atoms with E-state index in [-0.39, 0.29) is 0 Å². The van der Waals surface area contributed by atoms with Crippen molar-refractivity contribution in [3.63, 3.8) is 0 Å². The van der Waals surface area contributed by atoms with Gasteiger partial charge in [0, 0.05) is 15.8 Å². The van der Waals surface area contributed by atoms with Crippen LogP contribution in [0.5, 0.6) is 0 Å². The summed E-state index contributed by atoms with van der Waals surface area (Å²) >= 11 is 6.46. The molecule has 0 unspecified atom stereocenters. The normalized spacial score (nSPS) is 13.0. The molecule has 1 N–H and O–H groups in total. The Bertz CT molecular complexity index is 1160. The van der Waals surface area contributed by atoms with Gasteiger partial charge in [-0.25, -0.2) is 0 Å². The van der Waals surface area contributed by atoms with Crippen LogP contribution in [0.3, 0.4) is 0 Å². The van der Waals surface area contributed by atoms with E-state index in [1.807, 2.05) is 44.2 Å². The van der Waals surface area contributed by atoms with Gasteiger partial charge >= 0.3 is 7.48 Å². The molecule has 0 amide bonds. The number of aliphatic hydroxyl groups is 1. The first-order valence-electron chi connectivity index (χ1n) is 8.94. The zero-order chi connectivity index (χ0) is 19.4. The van der Waals surface area contributed by atoms with Crippen molar-refractivity contribution in [3.05, 3.63) is 53.6 Å². The molecule has 5 heteroatoms. The average Bonchev–Trinajstić information content (AvgIpc) is 2.96. The second-order valence-corrected chi connectivity index (χ2v) is 8.34. The van der Waals surface area contributed by atoms with Crippen molar-refractivity contribution in [2.45, 2.75) is 38.9 Å². The van der Waals surface area contributed by atoms with Gasteiger partial charge in [-0.15, -0.1) is 0 Å². The minimum atomic E-state index is -1.00. The molecule has 1 aromatic heterocycles. The number of hydrogen-bond acceptors (Lipinski definition) is 3. The van der Waals surface area contributed by atoms with Crippen LogP contribution in [-0.4, -0.2) is 23.8 Å². The Balaban J connectivity index is 1.84. The van der Waals surface area contributed by atoms with Gasteiger partial charge in [-0.3, -0.25) is 0 Å². The Labute approximate surface area is 164 Å². The third-order valence-electron chi connectivity index (χ3n) is 5.43. The summed E-state index contributed by atoms with van der Waals surface area (Å²) in [5.74, 6) is 0. The Morgan fingerprint density at radius 3 is 2.44 bits per heavy atom. The van der Waals surface area contributed by atoms with Crippen LogP contribution in [0.25, 0.3) is 32.7 Å². The number of benzene rings is 3. The SMILES string of the molecule is CC(C)(O)C(C)(C)O[B]c1cc2c(cc1Cl)oc1ccc3ccccc3c12. The van der Waals surface area contributed by atoms with Gasteiger partial charge in [0.2, 0.25) is 0 Å². The molecule has 0 aliphatic carbocycles. The van der Waals surface area contributed by atoms with E-state index in [2.05, 4.69) is 18.2 Å². The van der Waals surface area contributed by atoms with Crippen LogP contribution in [-0.2, 0) is 4.65 Å². The van der Waals surface area contributed by atoms with Gasteiger partial charge in [0.15, 0.2) is 0 Å². The lowest BCUT2D eigenvalue weighted by atomic mass is 9.82. The molecule has 0 saturated heterocycles. The van der Waals surface area contributed by atoms with Crippen molar-refractivity contribution < 1.29 is 14.2 Å². The third kappa shape index (κ3) is 3.12. The molecule has 0 saturated carbocycles. The number of rotatable bonds is 4. The quantitative estimate of drug-likeness (QED) is 0.495. The summed E-state index contributed by atoms with van der Waals surface area (Å²) in [5, 5.41) is 15.2. The summed E-state index contributed by atoms with van der Waals surface area (Å²) in [5.41, 5.74) is 0.548. The molecular formula is C22H21BClO3. The average molecular weight is 380 g/mol. The van der Waals surface area contributed by atoms with E-state index in [0.717, 1.165) is 38.2 Å². The number of hydrogen-bond donors (Lipinski definition) is 1. The number of furan rings is 1. The molecule has 1 radical (unpaired) electrons. The van der Waals surface area contributed by atoms with Gasteiger partial charge in [-0.2, -0.15) is 0 Å². The highest BCUT2D eigenvalue weighted by Gasteiger charge is 2.36. The third-order valence-corrected chi connectivity index (χ3v) is 5.76. The molecule has 0 aliphatic heterocycles. The van der Waals surface area contributed by atoms with Crippen LogP contribution in [0.4, 0.5) is 0 Å². The van der Waals surface area contributed by atoms with E-state index in [4.69, 9.17) is 20.7 Å². The summed E-state index contributed by atoms with van der Waals surface area (Å²) in [4.78, 5) is 0. The zero-order valence-corrected chi connectivity index (χ0v) is 16.6. The van der Waals surface area contributed by atoms with Crippen LogP contribution in [0.15, 0.2) is 52.9 Å². The van der Waals surface area contributed by atoms with Gasteiger partial charge in [-0.05, 0) is 56.1 Å². The van der Waals surface area contributed by atoms with Crippen molar-refractivity contribution in [1.29, 1.82) is 0 Å². The van der Waals surface area contributed by atoms with E-state index >= 15 is 0 Å². The Morgan fingerprint density at radius 1 is 0.963 bits per heavy atom. The molecule has 4 aromatic rings. The largest absolute Gasteiger partial charge is 0.456 e. The highest BCUT2D eigenvalue weighted by Crippen LogP contribution is 2.35.